The van der Waals surface area contributed by atoms with E-state index in [9.17, 15) is 0 Å². The van der Waals surface area contributed by atoms with Crippen LogP contribution in [-0.4, -0.2) is 29.4 Å². The fourth-order valence-electron chi connectivity index (χ4n) is 3.10. The minimum Gasteiger partial charge on any atom is -0.496 e. The highest BCUT2D eigenvalue weighted by Gasteiger charge is 2.05. The van der Waals surface area contributed by atoms with Crippen molar-refractivity contribution in [3.8, 4) is 5.75 Å². The third kappa shape index (κ3) is 7.05. The molecule has 1 heterocycles. The summed E-state index contributed by atoms with van der Waals surface area (Å²) >= 11 is 0. The Hall–Kier alpha value is -2.55. The molecular weight excluding hydrogens is 489 g/mol. The van der Waals surface area contributed by atoms with E-state index in [2.05, 4.69) is 66.0 Å². The van der Waals surface area contributed by atoms with Gasteiger partial charge in [0.2, 0.25) is 0 Å². The number of methoxy groups -OCH3 is 1. The second-order valence-electron chi connectivity index (χ2n) is 6.89. The van der Waals surface area contributed by atoms with E-state index in [1.54, 1.807) is 13.3 Å². The quantitative estimate of drug-likeness (QED) is 0.267. The number of halogens is 1. The monoisotopic (exact) mass is 519 g/mol. The van der Waals surface area contributed by atoms with Crippen molar-refractivity contribution in [1.82, 2.24) is 20.4 Å². The summed E-state index contributed by atoms with van der Waals surface area (Å²) in [5, 5.41) is 11.0. The highest BCUT2D eigenvalue weighted by molar-refractivity contribution is 14.0. The van der Waals surface area contributed by atoms with Crippen LogP contribution in [-0.2, 0) is 19.6 Å². The highest BCUT2D eigenvalue weighted by atomic mass is 127. The van der Waals surface area contributed by atoms with Crippen molar-refractivity contribution in [2.24, 2.45) is 4.99 Å². The lowest BCUT2D eigenvalue weighted by molar-refractivity contribution is 0.408. The zero-order chi connectivity index (χ0) is 20.5. The van der Waals surface area contributed by atoms with Gasteiger partial charge in [0.15, 0.2) is 5.96 Å². The first-order chi connectivity index (χ1) is 14.2. The molecule has 3 rings (SSSR count). The number of aliphatic imine (C=N–C) groups is 1. The summed E-state index contributed by atoms with van der Waals surface area (Å²) in [7, 11) is 1.70. The van der Waals surface area contributed by atoms with Gasteiger partial charge < -0.3 is 15.4 Å². The van der Waals surface area contributed by atoms with Gasteiger partial charge in [-0.25, -0.2) is 4.99 Å². The van der Waals surface area contributed by atoms with Gasteiger partial charge in [0.25, 0.3) is 0 Å². The number of hydrogen-bond donors (Lipinski definition) is 2. The van der Waals surface area contributed by atoms with E-state index in [0.29, 0.717) is 13.1 Å². The SMILES string of the molecule is CCNC(=NCc1cccc(Cn2cccn2)c1)NCc1ccc(C)cc1OC.I. The molecule has 0 spiro atoms. The summed E-state index contributed by atoms with van der Waals surface area (Å²) in [6.07, 6.45) is 3.77. The summed E-state index contributed by atoms with van der Waals surface area (Å²) < 4.78 is 7.42. The molecule has 0 saturated carbocycles. The first kappa shape index (κ1) is 23.7. The lowest BCUT2D eigenvalue weighted by atomic mass is 10.1. The zero-order valence-corrected chi connectivity index (χ0v) is 20.1. The van der Waals surface area contributed by atoms with Gasteiger partial charge in [0.1, 0.15) is 5.75 Å². The van der Waals surface area contributed by atoms with Gasteiger partial charge in [-0.1, -0.05) is 36.4 Å². The molecule has 30 heavy (non-hydrogen) atoms. The molecule has 0 aliphatic carbocycles. The maximum atomic E-state index is 5.50. The van der Waals surface area contributed by atoms with Gasteiger partial charge in [0, 0.05) is 31.0 Å². The van der Waals surface area contributed by atoms with Crippen LogP contribution >= 0.6 is 24.0 Å². The Morgan fingerprint density at radius 3 is 2.67 bits per heavy atom. The molecule has 0 saturated heterocycles. The number of hydrogen-bond acceptors (Lipinski definition) is 3. The van der Waals surface area contributed by atoms with Gasteiger partial charge in [-0.05, 0) is 42.7 Å². The average molecular weight is 519 g/mol. The van der Waals surface area contributed by atoms with Crippen molar-refractivity contribution < 1.29 is 4.74 Å². The Balaban J connectivity index is 0.00000320. The molecule has 0 bridgehead atoms. The molecule has 0 atom stereocenters. The van der Waals surface area contributed by atoms with Gasteiger partial charge in [0.05, 0.1) is 20.2 Å². The molecule has 160 valence electrons. The molecule has 1 aromatic heterocycles. The topological polar surface area (TPSA) is 63.5 Å². The Morgan fingerprint density at radius 2 is 1.93 bits per heavy atom. The second kappa shape index (κ2) is 12.2. The van der Waals surface area contributed by atoms with Gasteiger partial charge >= 0.3 is 0 Å². The number of nitrogens with zero attached hydrogens (tertiary/aromatic N) is 3. The minimum absolute atomic E-state index is 0. The molecule has 7 heteroatoms. The largest absolute Gasteiger partial charge is 0.496 e. The molecule has 0 aliphatic rings. The standard InChI is InChI=1S/C23H29N5O.HI/c1-4-24-23(26-16-21-10-9-18(2)13-22(21)29-3)25-15-19-7-5-8-20(14-19)17-28-12-6-11-27-28;/h5-14H,4,15-17H2,1-3H3,(H2,24,25,26);1H. The van der Waals surface area contributed by atoms with E-state index < -0.39 is 0 Å². The second-order valence-corrected chi connectivity index (χ2v) is 6.89. The molecule has 6 nitrogen and oxygen atoms in total. The fourth-order valence-corrected chi connectivity index (χ4v) is 3.10. The molecule has 0 aliphatic heterocycles. The number of aromatic nitrogens is 2. The van der Waals surface area contributed by atoms with Crippen molar-refractivity contribution in [1.29, 1.82) is 0 Å². The molecule has 0 amide bonds. The van der Waals surface area contributed by atoms with Crippen LogP contribution in [0.2, 0.25) is 0 Å². The van der Waals surface area contributed by atoms with E-state index in [0.717, 1.165) is 30.4 Å². The van der Waals surface area contributed by atoms with Crippen molar-refractivity contribution >= 4 is 29.9 Å². The smallest absolute Gasteiger partial charge is 0.191 e. The summed E-state index contributed by atoms with van der Waals surface area (Å²) in [6.45, 7) is 6.94. The summed E-state index contributed by atoms with van der Waals surface area (Å²) in [6, 6.07) is 16.6. The van der Waals surface area contributed by atoms with E-state index in [-0.39, 0.29) is 24.0 Å². The number of guanidine groups is 1. The van der Waals surface area contributed by atoms with Crippen LogP contribution < -0.4 is 15.4 Å². The molecular formula is C23H30IN5O. The van der Waals surface area contributed by atoms with Crippen LogP contribution in [0.1, 0.15) is 29.2 Å². The maximum Gasteiger partial charge on any atom is 0.191 e. The minimum atomic E-state index is 0. The van der Waals surface area contributed by atoms with Crippen LogP contribution in [0.25, 0.3) is 0 Å². The van der Waals surface area contributed by atoms with Crippen molar-refractivity contribution in [3.05, 3.63) is 83.2 Å². The molecule has 0 unspecified atom stereocenters. The molecule has 3 aromatic rings. The van der Waals surface area contributed by atoms with E-state index in [1.807, 2.05) is 23.0 Å². The highest BCUT2D eigenvalue weighted by Crippen LogP contribution is 2.19. The van der Waals surface area contributed by atoms with Crippen LogP contribution in [0.3, 0.4) is 0 Å². The Kier molecular flexibility index (Phi) is 9.66. The lowest BCUT2D eigenvalue weighted by Gasteiger charge is -2.14. The molecule has 2 N–H and O–H groups in total. The number of benzene rings is 2. The average Bonchev–Trinajstić information content (AvgIpc) is 3.24. The van der Waals surface area contributed by atoms with Crippen LogP contribution in [0, 0.1) is 6.92 Å². The molecule has 0 fully saturated rings. The lowest BCUT2D eigenvalue weighted by Crippen LogP contribution is -2.36. The molecule has 2 aromatic carbocycles. The van der Waals surface area contributed by atoms with Crippen LogP contribution in [0.15, 0.2) is 65.9 Å². The molecule has 0 radical (unpaired) electrons. The zero-order valence-electron chi connectivity index (χ0n) is 17.8. The summed E-state index contributed by atoms with van der Waals surface area (Å²) in [5.41, 5.74) is 4.66. The third-order valence-electron chi connectivity index (χ3n) is 4.55. The van der Waals surface area contributed by atoms with E-state index in [4.69, 9.17) is 9.73 Å². The fraction of sp³-hybridized carbons (Fsp3) is 0.304. The summed E-state index contributed by atoms with van der Waals surface area (Å²) in [5.74, 6) is 1.67. The predicted molar refractivity (Wildman–Crippen MR) is 133 cm³/mol. The van der Waals surface area contributed by atoms with Gasteiger partial charge in [-0.15, -0.1) is 24.0 Å². The van der Waals surface area contributed by atoms with Crippen LogP contribution in [0.4, 0.5) is 0 Å². The van der Waals surface area contributed by atoms with Gasteiger partial charge in [-0.2, -0.15) is 5.10 Å². The number of rotatable bonds is 8. The maximum absolute atomic E-state index is 5.50. The summed E-state index contributed by atoms with van der Waals surface area (Å²) in [4.78, 5) is 4.74. The predicted octanol–water partition coefficient (Wildman–Crippen LogP) is 4.12. The van der Waals surface area contributed by atoms with Gasteiger partial charge in [-0.3, -0.25) is 4.68 Å². The first-order valence-corrected chi connectivity index (χ1v) is 9.89. The third-order valence-corrected chi connectivity index (χ3v) is 4.55. The number of ether oxygens (including phenoxy) is 1. The van der Waals surface area contributed by atoms with E-state index >= 15 is 0 Å². The van der Waals surface area contributed by atoms with Crippen LogP contribution in [0.5, 0.6) is 5.75 Å². The number of aryl methyl sites for hydroxylation is 1. The Morgan fingerprint density at radius 1 is 1.10 bits per heavy atom. The van der Waals surface area contributed by atoms with Crippen molar-refractivity contribution in [2.75, 3.05) is 13.7 Å². The van der Waals surface area contributed by atoms with E-state index in [1.165, 1.54) is 16.7 Å². The Labute approximate surface area is 195 Å². The normalized spacial score (nSPS) is 11.0. The van der Waals surface area contributed by atoms with Crippen molar-refractivity contribution in [2.45, 2.75) is 33.5 Å². The first-order valence-electron chi connectivity index (χ1n) is 9.89. The number of nitrogens with one attached hydrogen (secondary N) is 2. The van der Waals surface area contributed by atoms with Crippen molar-refractivity contribution in [3.63, 3.8) is 0 Å². The Bertz CT molecular complexity index is 941.